The minimum absolute atomic E-state index is 0.691. The maximum atomic E-state index is 5.14. The molecule has 0 aromatic heterocycles. The van der Waals surface area contributed by atoms with E-state index in [9.17, 15) is 0 Å². The van der Waals surface area contributed by atoms with Gasteiger partial charge >= 0.3 is 0 Å². The molecular weight excluding hydrogens is 174 g/mol. The number of hydrogen-bond donors (Lipinski definition) is 1. The van der Waals surface area contributed by atoms with Crippen LogP contribution in [0.15, 0.2) is 12.1 Å². The van der Waals surface area contributed by atoms with Gasteiger partial charge < -0.3 is 10.1 Å². The first-order valence-corrected chi connectivity index (χ1v) is 4.92. The van der Waals surface area contributed by atoms with E-state index < -0.39 is 0 Å². The molecule has 0 saturated heterocycles. The first kappa shape index (κ1) is 11.1. The maximum absolute atomic E-state index is 5.14. The van der Waals surface area contributed by atoms with Gasteiger partial charge in [-0.15, -0.1) is 0 Å². The van der Waals surface area contributed by atoms with E-state index >= 15 is 0 Å². The molecule has 14 heavy (non-hydrogen) atoms. The van der Waals surface area contributed by atoms with Crippen molar-refractivity contribution in [2.45, 2.75) is 27.7 Å². The molecule has 1 radical (unpaired) electrons. The third kappa shape index (κ3) is 2.74. The number of benzene rings is 1. The van der Waals surface area contributed by atoms with Crippen LogP contribution in [-0.2, 0) is 4.74 Å². The van der Waals surface area contributed by atoms with E-state index in [-0.39, 0.29) is 0 Å². The molecule has 0 fully saturated rings. The van der Waals surface area contributed by atoms with Crippen molar-refractivity contribution in [1.29, 1.82) is 0 Å². The number of ether oxygens (including phenoxy) is 1. The van der Waals surface area contributed by atoms with Crippen LogP contribution in [0.3, 0.4) is 0 Å². The zero-order valence-corrected chi connectivity index (χ0v) is 9.35. The summed E-state index contributed by atoms with van der Waals surface area (Å²) in [4.78, 5) is 0. The fraction of sp³-hybridized carbons (Fsp3) is 0.417. The Bertz CT molecular complexity index is 284. The summed E-state index contributed by atoms with van der Waals surface area (Å²) in [5.41, 5.74) is 4.93. The van der Waals surface area contributed by atoms with Crippen molar-refractivity contribution >= 4 is 5.69 Å². The molecule has 0 aliphatic rings. The lowest BCUT2D eigenvalue weighted by molar-refractivity contribution is 0.225. The van der Waals surface area contributed by atoms with Gasteiger partial charge in [0.05, 0.1) is 0 Å². The van der Waals surface area contributed by atoms with Crippen LogP contribution >= 0.6 is 0 Å². The molecule has 0 heterocycles. The van der Waals surface area contributed by atoms with Crippen molar-refractivity contribution in [2.75, 3.05) is 11.9 Å². The standard InChI is InChI=1S/C12H18NO/c1-5-14-8-13-12-10(3)6-9(2)7-11(12)4/h6-8,13H,5H2,1-4H3. The second-order valence-corrected chi connectivity index (χ2v) is 3.49. The first-order chi connectivity index (χ1) is 6.65. The van der Waals surface area contributed by atoms with Gasteiger partial charge in [0.15, 0.2) is 6.73 Å². The monoisotopic (exact) mass is 192 g/mol. The molecule has 0 amide bonds. The quantitative estimate of drug-likeness (QED) is 0.740. The second kappa shape index (κ2) is 5.01. The molecule has 1 N–H and O–H groups in total. The van der Waals surface area contributed by atoms with Gasteiger partial charge in [-0.25, -0.2) is 0 Å². The van der Waals surface area contributed by atoms with Crippen LogP contribution in [0.4, 0.5) is 5.69 Å². The summed E-state index contributed by atoms with van der Waals surface area (Å²) < 4.78 is 5.14. The highest BCUT2D eigenvalue weighted by Crippen LogP contribution is 2.21. The molecular formula is C12H18NO. The summed E-state index contributed by atoms with van der Waals surface area (Å²) in [6.07, 6.45) is 0. The summed E-state index contributed by atoms with van der Waals surface area (Å²) in [5.74, 6) is 0. The van der Waals surface area contributed by atoms with Gasteiger partial charge in [-0.2, -0.15) is 0 Å². The highest BCUT2D eigenvalue weighted by molar-refractivity contribution is 5.58. The Balaban J connectivity index is 2.75. The Kier molecular flexibility index (Phi) is 3.96. The number of hydrogen-bond acceptors (Lipinski definition) is 2. The van der Waals surface area contributed by atoms with Gasteiger partial charge in [-0.05, 0) is 38.8 Å². The van der Waals surface area contributed by atoms with Crippen LogP contribution in [0.1, 0.15) is 23.6 Å². The number of rotatable bonds is 4. The lowest BCUT2D eigenvalue weighted by Crippen LogP contribution is -2.02. The Morgan fingerprint density at radius 2 is 1.79 bits per heavy atom. The molecule has 0 unspecified atom stereocenters. The van der Waals surface area contributed by atoms with E-state index in [2.05, 4.69) is 38.2 Å². The normalized spacial score (nSPS) is 10.3. The lowest BCUT2D eigenvalue weighted by atomic mass is 10.1. The van der Waals surface area contributed by atoms with Crippen LogP contribution in [0.5, 0.6) is 0 Å². The molecule has 77 valence electrons. The summed E-state index contributed by atoms with van der Waals surface area (Å²) in [6, 6.07) is 4.32. The summed E-state index contributed by atoms with van der Waals surface area (Å²) in [7, 11) is 0. The van der Waals surface area contributed by atoms with E-state index in [1.165, 1.54) is 16.7 Å². The topological polar surface area (TPSA) is 21.3 Å². The van der Waals surface area contributed by atoms with Gasteiger partial charge in [0, 0.05) is 12.3 Å². The average Bonchev–Trinajstić information content (AvgIpc) is 2.09. The van der Waals surface area contributed by atoms with Crippen LogP contribution in [0.2, 0.25) is 0 Å². The molecule has 2 heteroatoms. The molecule has 0 aliphatic carbocycles. The van der Waals surface area contributed by atoms with Gasteiger partial charge in [0.1, 0.15) is 0 Å². The van der Waals surface area contributed by atoms with Crippen molar-refractivity contribution in [2.24, 2.45) is 0 Å². The molecule has 0 spiro atoms. The van der Waals surface area contributed by atoms with E-state index in [0.717, 1.165) is 5.69 Å². The Labute approximate surface area is 86.3 Å². The zero-order valence-electron chi connectivity index (χ0n) is 9.35. The molecule has 1 aromatic rings. The fourth-order valence-corrected chi connectivity index (χ4v) is 1.59. The van der Waals surface area contributed by atoms with Crippen molar-refractivity contribution in [3.8, 4) is 0 Å². The van der Waals surface area contributed by atoms with Crippen LogP contribution in [0, 0.1) is 27.5 Å². The van der Waals surface area contributed by atoms with Gasteiger partial charge in [0.25, 0.3) is 0 Å². The van der Waals surface area contributed by atoms with E-state index in [1.807, 2.05) is 6.92 Å². The molecule has 0 bridgehead atoms. The summed E-state index contributed by atoms with van der Waals surface area (Å²) in [6.45, 7) is 10.6. The van der Waals surface area contributed by atoms with Gasteiger partial charge in [-0.3, -0.25) is 0 Å². The SMILES string of the molecule is CCO[CH]Nc1c(C)cc(C)cc1C. The van der Waals surface area contributed by atoms with Gasteiger partial charge in [0.2, 0.25) is 0 Å². The molecule has 0 aliphatic heterocycles. The number of anilines is 1. The predicted molar refractivity (Wildman–Crippen MR) is 60.2 cm³/mol. The molecule has 1 aromatic carbocycles. The Morgan fingerprint density at radius 3 is 2.29 bits per heavy atom. The molecule has 0 saturated carbocycles. The van der Waals surface area contributed by atoms with E-state index in [4.69, 9.17) is 4.74 Å². The highest BCUT2D eigenvalue weighted by atomic mass is 16.5. The van der Waals surface area contributed by atoms with Crippen molar-refractivity contribution < 1.29 is 4.74 Å². The number of nitrogens with one attached hydrogen (secondary N) is 1. The fourth-order valence-electron chi connectivity index (χ4n) is 1.59. The molecule has 1 rings (SSSR count). The third-order valence-corrected chi connectivity index (χ3v) is 2.13. The van der Waals surface area contributed by atoms with Crippen molar-refractivity contribution in [1.82, 2.24) is 0 Å². The molecule has 2 nitrogen and oxygen atoms in total. The van der Waals surface area contributed by atoms with Gasteiger partial charge in [-0.1, -0.05) is 17.7 Å². The van der Waals surface area contributed by atoms with E-state index in [0.29, 0.717) is 6.61 Å². The van der Waals surface area contributed by atoms with E-state index in [1.54, 1.807) is 6.73 Å². The minimum Gasteiger partial charge on any atom is -0.356 e. The molecule has 0 atom stereocenters. The van der Waals surface area contributed by atoms with Crippen LogP contribution in [0.25, 0.3) is 0 Å². The van der Waals surface area contributed by atoms with Crippen molar-refractivity contribution in [3.05, 3.63) is 35.6 Å². The average molecular weight is 192 g/mol. The third-order valence-electron chi connectivity index (χ3n) is 2.13. The summed E-state index contributed by atoms with van der Waals surface area (Å²) >= 11 is 0. The first-order valence-electron chi connectivity index (χ1n) is 4.92. The smallest absolute Gasteiger partial charge is 0.172 e. The van der Waals surface area contributed by atoms with Crippen molar-refractivity contribution in [3.63, 3.8) is 0 Å². The highest BCUT2D eigenvalue weighted by Gasteiger charge is 2.02. The minimum atomic E-state index is 0.691. The van der Waals surface area contributed by atoms with Crippen LogP contribution in [-0.4, -0.2) is 6.61 Å². The summed E-state index contributed by atoms with van der Waals surface area (Å²) in [5, 5.41) is 3.16. The zero-order chi connectivity index (χ0) is 10.6. The van der Waals surface area contributed by atoms with Crippen LogP contribution < -0.4 is 5.32 Å². The second-order valence-electron chi connectivity index (χ2n) is 3.49. The number of aryl methyl sites for hydroxylation is 3. The largest absolute Gasteiger partial charge is 0.356 e. The Morgan fingerprint density at radius 1 is 1.21 bits per heavy atom. The predicted octanol–water partition coefficient (Wildman–Crippen LogP) is 3.18. The maximum Gasteiger partial charge on any atom is 0.172 e. The lowest BCUT2D eigenvalue weighted by Gasteiger charge is -2.12. The Hall–Kier alpha value is -1.02.